The Morgan fingerprint density at radius 2 is 1.71 bits per heavy atom. The van der Waals surface area contributed by atoms with Crippen LogP contribution < -0.4 is 16.8 Å². The lowest BCUT2D eigenvalue weighted by Gasteiger charge is -2.54. The fourth-order valence-corrected chi connectivity index (χ4v) is 3.98. The van der Waals surface area contributed by atoms with E-state index in [-0.39, 0.29) is 6.04 Å². The van der Waals surface area contributed by atoms with E-state index in [1.807, 2.05) is 40.7 Å². The summed E-state index contributed by atoms with van der Waals surface area (Å²) < 4.78 is 0. The Morgan fingerprint density at radius 3 is 2.21 bits per heavy atom. The number of amides is 2. The standard InChI is InChI=1S/C18H28N4O2/c1-11-6-7-14(13(20)8-11)21-15(23)16(24)22-17(2,3)9-12(19)10-18(22,4)5/h6-8,12H,9-10,19-20H2,1-5H3,(H,21,23). The Kier molecular flexibility index (Phi) is 4.63. The minimum atomic E-state index is -0.679. The van der Waals surface area contributed by atoms with E-state index < -0.39 is 22.9 Å². The molecule has 2 amide bonds. The number of carbonyl (C=O) groups is 2. The quantitative estimate of drug-likeness (QED) is 0.541. The molecule has 1 aromatic carbocycles. The summed E-state index contributed by atoms with van der Waals surface area (Å²) in [6.45, 7) is 9.69. The second-order valence-corrected chi connectivity index (χ2v) is 7.98. The van der Waals surface area contributed by atoms with E-state index in [9.17, 15) is 9.59 Å². The first-order valence-corrected chi connectivity index (χ1v) is 8.21. The van der Waals surface area contributed by atoms with Gasteiger partial charge in [0.2, 0.25) is 0 Å². The highest BCUT2D eigenvalue weighted by Gasteiger charge is 2.48. The van der Waals surface area contributed by atoms with Gasteiger partial charge in [-0.25, -0.2) is 0 Å². The fraction of sp³-hybridized carbons (Fsp3) is 0.556. The van der Waals surface area contributed by atoms with Gasteiger partial charge in [0.1, 0.15) is 0 Å². The molecule has 0 bridgehead atoms. The zero-order valence-electron chi connectivity index (χ0n) is 15.1. The zero-order chi connectivity index (χ0) is 18.3. The van der Waals surface area contributed by atoms with Crippen molar-refractivity contribution in [3.8, 4) is 0 Å². The molecule has 0 aromatic heterocycles. The smallest absolute Gasteiger partial charge is 0.314 e. The molecule has 1 aliphatic rings. The van der Waals surface area contributed by atoms with Crippen LogP contribution in [-0.4, -0.2) is 33.8 Å². The molecule has 1 heterocycles. The maximum Gasteiger partial charge on any atom is 0.314 e. The summed E-state index contributed by atoms with van der Waals surface area (Å²) in [5.41, 5.74) is 12.9. The van der Waals surface area contributed by atoms with Gasteiger partial charge in [-0.3, -0.25) is 9.59 Å². The first-order chi connectivity index (χ1) is 10.9. The monoisotopic (exact) mass is 332 g/mol. The van der Waals surface area contributed by atoms with Gasteiger partial charge in [-0.15, -0.1) is 0 Å². The number of nitrogen functional groups attached to an aromatic ring is 1. The number of benzene rings is 1. The number of nitrogens with zero attached hydrogens (tertiary/aromatic N) is 1. The number of nitrogens with one attached hydrogen (secondary N) is 1. The van der Waals surface area contributed by atoms with Crippen LogP contribution in [0.25, 0.3) is 0 Å². The Balaban J connectivity index is 2.24. The summed E-state index contributed by atoms with van der Waals surface area (Å²) in [6.07, 6.45) is 1.31. The molecule has 1 aromatic rings. The minimum absolute atomic E-state index is 0.00912. The van der Waals surface area contributed by atoms with Gasteiger partial charge in [0.05, 0.1) is 11.4 Å². The number of rotatable bonds is 1. The molecule has 6 heteroatoms. The number of anilines is 2. The summed E-state index contributed by atoms with van der Waals surface area (Å²) >= 11 is 0. The zero-order valence-corrected chi connectivity index (χ0v) is 15.1. The predicted molar refractivity (Wildman–Crippen MR) is 96.4 cm³/mol. The number of likely N-dealkylation sites (tertiary alicyclic amines) is 1. The first-order valence-electron chi connectivity index (χ1n) is 8.21. The van der Waals surface area contributed by atoms with Gasteiger partial charge in [0, 0.05) is 17.1 Å². The molecule has 1 saturated heterocycles. The third kappa shape index (κ3) is 3.53. The lowest BCUT2D eigenvalue weighted by Crippen LogP contribution is -2.66. The third-order valence-corrected chi connectivity index (χ3v) is 4.59. The van der Waals surface area contributed by atoms with E-state index in [0.717, 1.165) is 5.56 Å². The second-order valence-electron chi connectivity index (χ2n) is 7.98. The molecule has 0 unspecified atom stereocenters. The Bertz CT molecular complexity index is 649. The molecule has 0 saturated carbocycles. The normalized spacial score (nSPS) is 19.8. The number of aryl methyl sites for hydroxylation is 1. The highest BCUT2D eigenvalue weighted by molar-refractivity contribution is 6.40. The van der Waals surface area contributed by atoms with Crippen LogP contribution in [0.15, 0.2) is 18.2 Å². The molecule has 2 rings (SSSR count). The molecule has 5 N–H and O–H groups in total. The van der Waals surface area contributed by atoms with Crippen LogP contribution in [0.2, 0.25) is 0 Å². The molecule has 24 heavy (non-hydrogen) atoms. The molecule has 132 valence electrons. The lowest BCUT2D eigenvalue weighted by atomic mass is 9.77. The van der Waals surface area contributed by atoms with Gasteiger partial charge in [-0.2, -0.15) is 0 Å². The highest BCUT2D eigenvalue weighted by atomic mass is 16.2. The minimum Gasteiger partial charge on any atom is -0.397 e. The Morgan fingerprint density at radius 1 is 1.17 bits per heavy atom. The van der Waals surface area contributed by atoms with Gasteiger partial charge < -0.3 is 21.7 Å². The van der Waals surface area contributed by atoms with E-state index in [0.29, 0.717) is 24.2 Å². The molecule has 0 radical (unpaired) electrons. The van der Waals surface area contributed by atoms with Crippen LogP contribution in [-0.2, 0) is 9.59 Å². The molecular formula is C18H28N4O2. The molecular weight excluding hydrogens is 304 g/mol. The van der Waals surface area contributed by atoms with Gasteiger partial charge >= 0.3 is 11.8 Å². The predicted octanol–water partition coefficient (Wildman–Crippen LogP) is 2.02. The summed E-state index contributed by atoms with van der Waals surface area (Å²) in [5.74, 6) is -1.24. The molecule has 0 atom stereocenters. The Hall–Kier alpha value is -2.08. The fourth-order valence-electron chi connectivity index (χ4n) is 3.98. The van der Waals surface area contributed by atoms with Gasteiger partial charge in [-0.1, -0.05) is 6.07 Å². The van der Waals surface area contributed by atoms with Crippen molar-refractivity contribution in [2.45, 2.75) is 64.6 Å². The van der Waals surface area contributed by atoms with Crippen molar-refractivity contribution in [3.63, 3.8) is 0 Å². The van der Waals surface area contributed by atoms with Crippen molar-refractivity contribution < 1.29 is 9.59 Å². The highest BCUT2D eigenvalue weighted by Crippen LogP contribution is 2.38. The molecule has 0 aliphatic carbocycles. The molecule has 0 spiro atoms. The van der Waals surface area contributed by atoms with E-state index in [2.05, 4.69) is 5.32 Å². The summed E-state index contributed by atoms with van der Waals surface area (Å²) in [6, 6.07) is 5.31. The van der Waals surface area contributed by atoms with E-state index in [1.165, 1.54) is 0 Å². The van der Waals surface area contributed by atoms with Crippen molar-refractivity contribution in [1.29, 1.82) is 0 Å². The van der Waals surface area contributed by atoms with Gasteiger partial charge in [-0.05, 0) is 65.2 Å². The van der Waals surface area contributed by atoms with Crippen molar-refractivity contribution in [2.24, 2.45) is 5.73 Å². The molecule has 1 aliphatic heterocycles. The van der Waals surface area contributed by atoms with E-state index in [1.54, 1.807) is 17.0 Å². The van der Waals surface area contributed by atoms with Crippen molar-refractivity contribution in [2.75, 3.05) is 11.1 Å². The van der Waals surface area contributed by atoms with Gasteiger partial charge in [0.25, 0.3) is 0 Å². The number of hydrogen-bond acceptors (Lipinski definition) is 4. The average molecular weight is 332 g/mol. The molecule has 6 nitrogen and oxygen atoms in total. The summed E-state index contributed by atoms with van der Waals surface area (Å²) in [5, 5.41) is 2.63. The van der Waals surface area contributed by atoms with Crippen LogP contribution in [0, 0.1) is 6.92 Å². The summed E-state index contributed by atoms with van der Waals surface area (Å²) in [4.78, 5) is 27.0. The maximum absolute atomic E-state index is 12.9. The van der Waals surface area contributed by atoms with Crippen LogP contribution in [0.1, 0.15) is 46.1 Å². The van der Waals surface area contributed by atoms with Crippen molar-refractivity contribution in [3.05, 3.63) is 23.8 Å². The average Bonchev–Trinajstić information content (AvgIpc) is 2.38. The number of nitrogens with two attached hydrogens (primary N) is 2. The summed E-state index contributed by atoms with van der Waals surface area (Å²) in [7, 11) is 0. The van der Waals surface area contributed by atoms with Gasteiger partial charge in [0.15, 0.2) is 0 Å². The maximum atomic E-state index is 12.9. The van der Waals surface area contributed by atoms with E-state index in [4.69, 9.17) is 11.5 Å². The van der Waals surface area contributed by atoms with E-state index >= 15 is 0 Å². The molecule has 1 fully saturated rings. The number of hydrogen-bond donors (Lipinski definition) is 3. The SMILES string of the molecule is Cc1ccc(NC(=O)C(=O)N2C(C)(C)CC(N)CC2(C)C)c(N)c1. The largest absolute Gasteiger partial charge is 0.397 e. The number of piperidine rings is 1. The van der Waals surface area contributed by atoms with Crippen molar-refractivity contribution >= 4 is 23.2 Å². The van der Waals surface area contributed by atoms with Crippen molar-refractivity contribution in [1.82, 2.24) is 4.90 Å². The number of carbonyl (C=O) groups excluding carboxylic acids is 2. The Labute approximate surface area is 143 Å². The van der Waals surface area contributed by atoms with Crippen LogP contribution in [0.3, 0.4) is 0 Å². The first kappa shape index (κ1) is 18.3. The lowest BCUT2D eigenvalue weighted by molar-refractivity contribution is -0.156. The third-order valence-electron chi connectivity index (χ3n) is 4.59. The topological polar surface area (TPSA) is 101 Å². The second kappa shape index (κ2) is 6.09. The van der Waals surface area contributed by atoms with Crippen LogP contribution in [0.5, 0.6) is 0 Å². The van der Waals surface area contributed by atoms with Crippen LogP contribution >= 0.6 is 0 Å². The van der Waals surface area contributed by atoms with Crippen LogP contribution in [0.4, 0.5) is 11.4 Å².